The highest BCUT2D eigenvalue weighted by molar-refractivity contribution is 6.30. The van der Waals surface area contributed by atoms with E-state index in [0.717, 1.165) is 22.5 Å². The molecular formula is C17H17ClN4O2. The van der Waals surface area contributed by atoms with Crippen molar-refractivity contribution in [2.24, 2.45) is 0 Å². The molecule has 0 saturated carbocycles. The number of fused-ring (bicyclic) bond motifs is 3. The van der Waals surface area contributed by atoms with Gasteiger partial charge in [-0.1, -0.05) is 29.8 Å². The van der Waals surface area contributed by atoms with Gasteiger partial charge in [0.15, 0.2) is 5.65 Å². The van der Waals surface area contributed by atoms with E-state index in [4.69, 9.17) is 16.3 Å². The van der Waals surface area contributed by atoms with Gasteiger partial charge in [-0.2, -0.15) is 5.10 Å². The minimum atomic E-state index is -0.755. The molecule has 1 unspecified atom stereocenters. The smallest absolute Gasteiger partial charge is 0.159 e. The van der Waals surface area contributed by atoms with E-state index in [0.29, 0.717) is 30.5 Å². The minimum absolute atomic E-state index is 0.547. The molecule has 0 aliphatic carbocycles. The predicted molar refractivity (Wildman–Crippen MR) is 89.8 cm³/mol. The lowest BCUT2D eigenvalue weighted by atomic mass is 10.1. The van der Waals surface area contributed by atoms with Crippen LogP contribution in [0.4, 0.5) is 0 Å². The van der Waals surface area contributed by atoms with Crippen LogP contribution in [-0.4, -0.2) is 31.2 Å². The van der Waals surface area contributed by atoms with Gasteiger partial charge < -0.3 is 9.84 Å². The number of aromatic nitrogens is 3. The van der Waals surface area contributed by atoms with Crippen LogP contribution in [0.25, 0.3) is 5.65 Å². The van der Waals surface area contributed by atoms with Crippen LogP contribution >= 0.6 is 11.6 Å². The number of nitrogens with zero attached hydrogens (tertiary/aromatic N) is 4. The fourth-order valence-electron chi connectivity index (χ4n) is 3.10. The van der Waals surface area contributed by atoms with Crippen LogP contribution in [0.5, 0.6) is 5.75 Å². The second-order valence-corrected chi connectivity index (χ2v) is 6.15. The van der Waals surface area contributed by atoms with Gasteiger partial charge in [0.05, 0.1) is 23.5 Å². The van der Waals surface area contributed by atoms with Crippen molar-refractivity contribution in [3.8, 4) is 5.75 Å². The average molecular weight is 345 g/mol. The summed E-state index contributed by atoms with van der Waals surface area (Å²) in [5.74, 6) is 0.705. The lowest BCUT2D eigenvalue weighted by molar-refractivity contribution is -0.00425. The first-order chi connectivity index (χ1) is 11.7. The molecule has 1 aromatic carbocycles. The molecule has 24 heavy (non-hydrogen) atoms. The Morgan fingerprint density at radius 1 is 1.33 bits per heavy atom. The number of hydrogen-bond donors (Lipinski definition) is 1. The minimum Gasteiger partial charge on any atom is -0.493 e. The molecule has 0 bridgehead atoms. The molecule has 1 aliphatic heterocycles. The van der Waals surface area contributed by atoms with Crippen LogP contribution < -0.4 is 4.74 Å². The van der Waals surface area contributed by atoms with Crippen molar-refractivity contribution in [3.63, 3.8) is 0 Å². The molecule has 7 heteroatoms. The van der Waals surface area contributed by atoms with E-state index >= 15 is 0 Å². The highest BCUT2D eigenvalue weighted by Gasteiger charge is 2.31. The number of rotatable bonds is 4. The van der Waals surface area contributed by atoms with Gasteiger partial charge in [-0.15, -0.1) is 0 Å². The lowest BCUT2D eigenvalue weighted by Gasteiger charge is -2.24. The SMILES string of the molecule is CCOc1ccccc1C(O)N1Cc2nn3cc(Cl)cnc3c2C1. The number of aliphatic hydroxyl groups is 1. The number of para-hydroxylation sites is 1. The van der Waals surface area contributed by atoms with E-state index in [-0.39, 0.29) is 0 Å². The zero-order chi connectivity index (χ0) is 16.7. The van der Waals surface area contributed by atoms with Crippen LogP contribution in [0.2, 0.25) is 5.02 Å². The van der Waals surface area contributed by atoms with Crippen molar-refractivity contribution in [2.75, 3.05) is 6.61 Å². The largest absolute Gasteiger partial charge is 0.493 e. The van der Waals surface area contributed by atoms with Gasteiger partial charge in [-0.05, 0) is 13.0 Å². The molecule has 0 saturated heterocycles. The molecular weight excluding hydrogens is 328 g/mol. The highest BCUT2D eigenvalue weighted by Crippen LogP contribution is 2.34. The van der Waals surface area contributed by atoms with Gasteiger partial charge in [-0.25, -0.2) is 9.50 Å². The first kappa shape index (κ1) is 15.4. The fourth-order valence-corrected chi connectivity index (χ4v) is 3.24. The summed E-state index contributed by atoms with van der Waals surface area (Å²) >= 11 is 5.96. The molecule has 0 amide bonds. The Hall–Kier alpha value is -2.15. The summed E-state index contributed by atoms with van der Waals surface area (Å²) in [4.78, 5) is 6.31. The van der Waals surface area contributed by atoms with Crippen molar-refractivity contribution < 1.29 is 9.84 Å². The Bertz CT molecular complexity index is 895. The molecule has 3 heterocycles. The maximum absolute atomic E-state index is 10.8. The predicted octanol–water partition coefficient (Wildman–Crippen LogP) is 2.79. The highest BCUT2D eigenvalue weighted by atomic mass is 35.5. The summed E-state index contributed by atoms with van der Waals surface area (Å²) in [6, 6.07) is 7.56. The monoisotopic (exact) mass is 344 g/mol. The van der Waals surface area contributed by atoms with Crippen molar-refractivity contribution >= 4 is 17.2 Å². The maximum Gasteiger partial charge on any atom is 0.159 e. The summed E-state index contributed by atoms with van der Waals surface area (Å²) in [6.07, 6.45) is 2.60. The molecule has 2 aromatic heterocycles. The van der Waals surface area contributed by atoms with E-state index < -0.39 is 6.23 Å². The molecule has 0 radical (unpaired) electrons. The lowest BCUT2D eigenvalue weighted by Crippen LogP contribution is -2.24. The van der Waals surface area contributed by atoms with E-state index in [1.165, 1.54) is 0 Å². The number of benzene rings is 1. The van der Waals surface area contributed by atoms with Crippen molar-refractivity contribution in [1.29, 1.82) is 0 Å². The van der Waals surface area contributed by atoms with E-state index in [9.17, 15) is 5.11 Å². The van der Waals surface area contributed by atoms with Gasteiger partial charge >= 0.3 is 0 Å². The molecule has 4 rings (SSSR count). The second-order valence-electron chi connectivity index (χ2n) is 5.72. The molecule has 6 nitrogen and oxygen atoms in total. The number of aliphatic hydroxyl groups excluding tert-OH is 1. The molecule has 1 atom stereocenters. The average Bonchev–Trinajstić information content (AvgIpc) is 3.12. The van der Waals surface area contributed by atoms with Crippen LogP contribution in [0.3, 0.4) is 0 Å². The number of hydrogen-bond acceptors (Lipinski definition) is 5. The Morgan fingerprint density at radius 2 is 2.17 bits per heavy atom. The summed E-state index contributed by atoms with van der Waals surface area (Å²) < 4.78 is 7.33. The van der Waals surface area contributed by atoms with Crippen LogP contribution in [-0.2, 0) is 13.1 Å². The molecule has 1 aliphatic rings. The fraction of sp³-hybridized carbons (Fsp3) is 0.294. The normalized spacial score (nSPS) is 15.6. The van der Waals surface area contributed by atoms with Crippen LogP contribution in [0, 0.1) is 0 Å². The summed E-state index contributed by atoms with van der Waals surface area (Å²) in [5.41, 5.74) is 3.48. The number of halogens is 1. The topological polar surface area (TPSA) is 62.9 Å². The first-order valence-electron chi connectivity index (χ1n) is 7.83. The Morgan fingerprint density at radius 3 is 3.00 bits per heavy atom. The molecule has 124 valence electrons. The molecule has 0 fully saturated rings. The van der Waals surface area contributed by atoms with Gasteiger partial charge in [-0.3, -0.25) is 4.90 Å². The zero-order valence-corrected chi connectivity index (χ0v) is 13.9. The van der Waals surface area contributed by atoms with E-state index in [1.807, 2.05) is 36.1 Å². The summed E-state index contributed by atoms with van der Waals surface area (Å²) in [5, 5.41) is 15.9. The van der Waals surface area contributed by atoms with Crippen molar-refractivity contribution in [1.82, 2.24) is 19.5 Å². The summed E-state index contributed by atoms with van der Waals surface area (Å²) in [7, 11) is 0. The maximum atomic E-state index is 10.8. The van der Waals surface area contributed by atoms with Gasteiger partial charge in [0, 0.05) is 30.4 Å². The standard InChI is InChI=1S/C17H17ClN4O2/c1-2-24-15-6-4-3-5-12(15)17(23)21-9-13-14(10-21)20-22-8-11(18)7-19-16(13)22/h3-8,17,23H,2,9-10H2,1H3. The Labute approximate surface area is 144 Å². The van der Waals surface area contributed by atoms with E-state index in [2.05, 4.69) is 10.1 Å². The van der Waals surface area contributed by atoms with Gasteiger partial charge in [0.2, 0.25) is 0 Å². The third-order valence-electron chi connectivity index (χ3n) is 4.18. The molecule has 0 spiro atoms. The quantitative estimate of drug-likeness (QED) is 0.788. The zero-order valence-electron chi connectivity index (χ0n) is 13.2. The van der Waals surface area contributed by atoms with Crippen LogP contribution in [0.15, 0.2) is 36.7 Å². The van der Waals surface area contributed by atoms with Crippen molar-refractivity contribution in [3.05, 3.63) is 58.5 Å². The third kappa shape index (κ3) is 2.53. The number of ether oxygens (including phenoxy) is 1. The third-order valence-corrected chi connectivity index (χ3v) is 4.37. The first-order valence-corrected chi connectivity index (χ1v) is 8.20. The van der Waals surface area contributed by atoms with Crippen molar-refractivity contribution in [2.45, 2.75) is 26.2 Å². The van der Waals surface area contributed by atoms with E-state index in [1.54, 1.807) is 16.9 Å². The second kappa shape index (κ2) is 6.05. The summed E-state index contributed by atoms with van der Waals surface area (Å²) in [6.45, 7) is 3.62. The van der Waals surface area contributed by atoms with Gasteiger partial charge in [0.1, 0.15) is 12.0 Å². The molecule has 1 N–H and O–H groups in total. The van der Waals surface area contributed by atoms with Gasteiger partial charge in [0.25, 0.3) is 0 Å². The molecule has 3 aromatic rings. The van der Waals surface area contributed by atoms with Crippen LogP contribution in [0.1, 0.15) is 30.0 Å². The Kier molecular flexibility index (Phi) is 3.88. The Balaban J connectivity index is 1.63.